The molecule has 0 aliphatic rings. The third-order valence-electron chi connectivity index (χ3n) is 2.13. The van der Waals surface area contributed by atoms with Gasteiger partial charge in [0.25, 0.3) is 6.26 Å². The lowest BCUT2D eigenvalue weighted by Crippen LogP contribution is -1.82. The second-order valence-corrected chi connectivity index (χ2v) is 3.21. The summed E-state index contributed by atoms with van der Waals surface area (Å²) in [5.41, 5.74) is 1.23. The summed E-state index contributed by atoms with van der Waals surface area (Å²) in [6, 6.07) is 11.8. The van der Waals surface area contributed by atoms with Crippen molar-refractivity contribution in [3.8, 4) is 12.0 Å². The zero-order valence-electron chi connectivity index (χ0n) is 7.82. The lowest BCUT2D eigenvalue weighted by molar-refractivity contribution is 0.508. The lowest BCUT2D eigenvalue weighted by Gasteiger charge is -2.01. The molecule has 0 unspecified atom stereocenters. The highest BCUT2D eigenvalue weighted by Crippen LogP contribution is 2.21. The van der Waals surface area contributed by atoms with Gasteiger partial charge in [0.15, 0.2) is 0 Å². The van der Waals surface area contributed by atoms with Gasteiger partial charge < -0.3 is 4.74 Å². The molecule has 2 aromatic carbocycles. The van der Waals surface area contributed by atoms with Gasteiger partial charge in [-0.15, -0.1) is 5.26 Å². The Kier molecular flexibility index (Phi) is 2.08. The summed E-state index contributed by atoms with van der Waals surface area (Å²) in [5, 5.41) is 10.6. The van der Waals surface area contributed by atoms with Gasteiger partial charge in [-0.2, -0.15) is 0 Å². The first-order valence-corrected chi connectivity index (χ1v) is 4.36. The van der Waals surface area contributed by atoms with Gasteiger partial charge in [0, 0.05) is 0 Å². The Morgan fingerprint density at radius 1 is 1.07 bits per heavy atom. The summed E-state index contributed by atoms with van der Waals surface area (Å²) >= 11 is 0. The fourth-order valence-corrected chi connectivity index (χ4v) is 1.46. The van der Waals surface area contributed by atoms with Crippen molar-refractivity contribution >= 4 is 10.8 Å². The lowest BCUT2D eigenvalue weighted by atomic mass is 10.1. The van der Waals surface area contributed by atoms with Crippen LogP contribution in [-0.2, 0) is 0 Å². The van der Waals surface area contributed by atoms with Gasteiger partial charge in [0.05, 0.1) is 0 Å². The third-order valence-corrected chi connectivity index (χ3v) is 2.13. The maximum atomic E-state index is 8.36. The molecule has 0 aromatic heterocycles. The molecule has 0 aliphatic heterocycles. The van der Waals surface area contributed by atoms with E-state index in [2.05, 4.69) is 13.0 Å². The van der Waals surface area contributed by atoms with Crippen LogP contribution < -0.4 is 4.74 Å². The first-order chi connectivity index (χ1) is 6.79. The summed E-state index contributed by atoms with van der Waals surface area (Å²) in [6.07, 6.45) is 1.66. The number of aryl methyl sites for hydroxylation is 1. The van der Waals surface area contributed by atoms with E-state index in [1.54, 1.807) is 12.3 Å². The summed E-state index contributed by atoms with van der Waals surface area (Å²) in [7, 11) is 0. The van der Waals surface area contributed by atoms with E-state index in [9.17, 15) is 0 Å². The predicted octanol–water partition coefficient (Wildman–Crippen LogP) is 3.01. The molecule has 0 spiro atoms. The fraction of sp³-hybridized carbons (Fsp3) is 0.0833. The van der Waals surface area contributed by atoms with Crippen molar-refractivity contribution in [2.75, 3.05) is 0 Å². The molecule has 0 saturated carbocycles. The zero-order chi connectivity index (χ0) is 9.97. The van der Waals surface area contributed by atoms with Crippen molar-refractivity contribution in [1.29, 1.82) is 5.26 Å². The highest BCUT2D eigenvalue weighted by atomic mass is 16.5. The Balaban J connectivity index is 2.57. The number of fused-ring (bicyclic) bond motifs is 1. The van der Waals surface area contributed by atoms with Crippen LogP contribution in [0.2, 0.25) is 0 Å². The minimum Gasteiger partial charge on any atom is -0.388 e. The molecule has 2 aromatic rings. The van der Waals surface area contributed by atoms with E-state index in [0.29, 0.717) is 5.75 Å². The number of hydrogen-bond donors (Lipinski definition) is 0. The minimum atomic E-state index is 0.587. The van der Waals surface area contributed by atoms with Crippen LogP contribution in [0, 0.1) is 18.4 Å². The topological polar surface area (TPSA) is 33.0 Å². The standard InChI is InChI=1S/C12H9NO/c1-9-2-3-11-7-12(14-8-13)5-4-10(11)6-9/h2-7H,1H3. The van der Waals surface area contributed by atoms with E-state index in [1.165, 1.54) is 5.56 Å². The fourth-order valence-electron chi connectivity index (χ4n) is 1.46. The van der Waals surface area contributed by atoms with Crippen LogP contribution >= 0.6 is 0 Å². The summed E-state index contributed by atoms with van der Waals surface area (Å²) in [6.45, 7) is 2.05. The molecule has 68 valence electrons. The third kappa shape index (κ3) is 1.53. The minimum absolute atomic E-state index is 0.587. The first-order valence-electron chi connectivity index (χ1n) is 4.36. The number of benzene rings is 2. The van der Waals surface area contributed by atoms with Crippen molar-refractivity contribution in [2.24, 2.45) is 0 Å². The second kappa shape index (κ2) is 3.39. The SMILES string of the molecule is Cc1ccc2cc(OC#N)ccc2c1. The molecule has 0 amide bonds. The van der Waals surface area contributed by atoms with Crippen molar-refractivity contribution < 1.29 is 4.74 Å². The smallest absolute Gasteiger partial charge is 0.292 e. The number of hydrogen-bond acceptors (Lipinski definition) is 2. The molecule has 0 bridgehead atoms. The van der Waals surface area contributed by atoms with Crippen LogP contribution in [0.4, 0.5) is 0 Å². The summed E-state index contributed by atoms with van der Waals surface area (Å²) < 4.78 is 4.75. The molecule has 2 nitrogen and oxygen atoms in total. The van der Waals surface area contributed by atoms with E-state index >= 15 is 0 Å². The van der Waals surface area contributed by atoms with E-state index < -0.39 is 0 Å². The second-order valence-electron chi connectivity index (χ2n) is 3.21. The monoisotopic (exact) mass is 183 g/mol. The Morgan fingerprint density at radius 3 is 2.57 bits per heavy atom. The first kappa shape index (κ1) is 8.58. The van der Waals surface area contributed by atoms with Gasteiger partial charge in [-0.25, -0.2) is 0 Å². The van der Waals surface area contributed by atoms with Gasteiger partial charge in [0.2, 0.25) is 0 Å². The Hall–Kier alpha value is -2.01. The number of nitriles is 1. The van der Waals surface area contributed by atoms with Crippen LogP contribution in [-0.4, -0.2) is 0 Å². The molecule has 0 saturated heterocycles. The highest BCUT2D eigenvalue weighted by molar-refractivity contribution is 5.84. The van der Waals surface area contributed by atoms with Crippen molar-refractivity contribution in [1.82, 2.24) is 0 Å². The molecule has 0 N–H and O–H groups in total. The molecule has 2 rings (SSSR count). The van der Waals surface area contributed by atoms with Crippen molar-refractivity contribution in [3.63, 3.8) is 0 Å². The number of nitrogens with zero attached hydrogens (tertiary/aromatic N) is 1. The van der Waals surface area contributed by atoms with Crippen LogP contribution in [0.3, 0.4) is 0 Å². The summed E-state index contributed by atoms with van der Waals surface area (Å²) in [5.74, 6) is 0.587. The Labute approximate surface area is 82.3 Å². The van der Waals surface area contributed by atoms with Crippen molar-refractivity contribution in [2.45, 2.75) is 6.92 Å². The van der Waals surface area contributed by atoms with E-state index in [1.807, 2.05) is 24.3 Å². The summed E-state index contributed by atoms with van der Waals surface area (Å²) in [4.78, 5) is 0. The molecule has 0 radical (unpaired) electrons. The molecular formula is C12H9NO. The zero-order valence-corrected chi connectivity index (χ0v) is 7.82. The van der Waals surface area contributed by atoms with E-state index in [0.717, 1.165) is 10.8 Å². The Morgan fingerprint density at radius 2 is 1.79 bits per heavy atom. The van der Waals surface area contributed by atoms with Gasteiger partial charge in [-0.1, -0.05) is 29.8 Å². The number of rotatable bonds is 1. The maximum Gasteiger partial charge on any atom is 0.292 e. The average Bonchev–Trinajstić information content (AvgIpc) is 2.19. The maximum absolute atomic E-state index is 8.36. The number of ether oxygens (including phenoxy) is 1. The van der Waals surface area contributed by atoms with Gasteiger partial charge in [-0.05, 0) is 29.8 Å². The highest BCUT2D eigenvalue weighted by Gasteiger charge is 1.97. The van der Waals surface area contributed by atoms with E-state index in [4.69, 9.17) is 10.00 Å². The largest absolute Gasteiger partial charge is 0.388 e. The van der Waals surface area contributed by atoms with Crippen LogP contribution in [0.25, 0.3) is 10.8 Å². The van der Waals surface area contributed by atoms with Crippen molar-refractivity contribution in [3.05, 3.63) is 42.0 Å². The van der Waals surface area contributed by atoms with Gasteiger partial charge >= 0.3 is 0 Å². The van der Waals surface area contributed by atoms with Crippen LogP contribution in [0.15, 0.2) is 36.4 Å². The molecule has 2 heteroatoms. The molecule has 0 aliphatic carbocycles. The molecule has 0 fully saturated rings. The molecule has 14 heavy (non-hydrogen) atoms. The van der Waals surface area contributed by atoms with Gasteiger partial charge in [-0.3, -0.25) is 0 Å². The quantitative estimate of drug-likeness (QED) is 0.636. The molecule has 0 atom stereocenters. The molecule has 0 heterocycles. The predicted molar refractivity (Wildman–Crippen MR) is 54.9 cm³/mol. The normalized spacial score (nSPS) is 9.71. The molecular weight excluding hydrogens is 174 g/mol. The van der Waals surface area contributed by atoms with Crippen LogP contribution in [0.1, 0.15) is 5.56 Å². The Bertz CT molecular complexity index is 511. The average molecular weight is 183 g/mol. The van der Waals surface area contributed by atoms with Crippen LogP contribution in [0.5, 0.6) is 5.75 Å². The van der Waals surface area contributed by atoms with E-state index in [-0.39, 0.29) is 0 Å². The van der Waals surface area contributed by atoms with Gasteiger partial charge in [0.1, 0.15) is 5.75 Å².